The molecule has 0 radical (unpaired) electrons. The Balaban J connectivity index is 3.78. The second-order valence-electron chi connectivity index (χ2n) is 8.34. The molecule has 30 heavy (non-hydrogen) atoms. The molecule has 1 aliphatic rings. The third kappa shape index (κ3) is 6.51. The van der Waals surface area contributed by atoms with Gasteiger partial charge in [0, 0.05) is 0 Å². The molecule has 0 fully saturated rings. The first-order valence-electron chi connectivity index (χ1n) is 11.7. The monoisotopic (exact) mass is 422 g/mol. The molecule has 0 unspecified atom stereocenters. The van der Waals surface area contributed by atoms with Crippen molar-refractivity contribution in [3.63, 3.8) is 0 Å². The summed E-state index contributed by atoms with van der Waals surface area (Å²) in [7, 11) is 0. The lowest BCUT2D eigenvalue weighted by Gasteiger charge is -2.42. The first-order valence-corrected chi connectivity index (χ1v) is 11.7. The van der Waals surface area contributed by atoms with Crippen LogP contribution in [0.25, 0.3) is 0 Å². The fourth-order valence-corrected chi connectivity index (χ4v) is 3.81. The predicted octanol–water partition coefficient (Wildman–Crippen LogP) is 7.32. The number of hydrogen-bond acceptors (Lipinski definition) is 4. The normalized spacial score (nSPS) is 14.9. The number of hydrazine groups is 1. The Morgan fingerprint density at radius 1 is 0.633 bits per heavy atom. The zero-order valence-corrected chi connectivity index (χ0v) is 20.3. The fraction of sp³-hybridized carbons (Fsp3) is 0.750. The van der Waals surface area contributed by atoms with Crippen LogP contribution in [0.3, 0.4) is 0 Å². The number of carbonyl (C=O) groups is 2. The molecular weight excluding hydrogens is 380 g/mol. The highest BCUT2D eigenvalue weighted by molar-refractivity contribution is 5.79. The van der Waals surface area contributed by atoms with E-state index >= 15 is 0 Å². The van der Waals surface area contributed by atoms with Gasteiger partial charge in [-0.1, -0.05) is 53.4 Å². The maximum atomic E-state index is 13.3. The summed E-state index contributed by atoms with van der Waals surface area (Å²) in [4.78, 5) is 26.5. The van der Waals surface area contributed by atoms with Crippen LogP contribution in [0.4, 0.5) is 9.59 Å². The van der Waals surface area contributed by atoms with E-state index in [-0.39, 0.29) is 12.2 Å². The van der Waals surface area contributed by atoms with Crippen molar-refractivity contribution in [1.82, 2.24) is 10.0 Å². The van der Waals surface area contributed by atoms with E-state index in [1.54, 1.807) is 0 Å². The maximum absolute atomic E-state index is 13.3. The molecule has 0 aromatic carbocycles. The van der Waals surface area contributed by atoms with E-state index in [0.29, 0.717) is 12.8 Å². The second-order valence-corrected chi connectivity index (χ2v) is 8.34. The largest absolute Gasteiger partial charge is 0.445 e. The number of hydrogen-bond donors (Lipinski definition) is 0. The molecule has 172 valence electrons. The molecule has 1 aliphatic heterocycles. The van der Waals surface area contributed by atoms with Crippen molar-refractivity contribution in [2.24, 2.45) is 0 Å². The topological polar surface area (TPSA) is 59.1 Å². The van der Waals surface area contributed by atoms with E-state index in [1.807, 2.05) is 27.7 Å². The Morgan fingerprint density at radius 2 is 0.933 bits per heavy atom. The molecule has 1 rings (SSSR count). The van der Waals surface area contributed by atoms with Crippen LogP contribution in [-0.2, 0) is 9.47 Å². The molecule has 0 N–H and O–H groups in total. The lowest BCUT2D eigenvalue weighted by molar-refractivity contribution is -0.00901. The van der Waals surface area contributed by atoms with E-state index in [9.17, 15) is 9.59 Å². The third-order valence-corrected chi connectivity index (χ3v) is 4.76. The summed E-state index contributed by atoms with van der Waals surface area (Å²) in [6.07, 6.45) is 5.19. The van der Waals surface area contributed by atoms with E-state index in [4.69, 9.17) is 9.47 Å². The number of carbonyl (C=O) groups excluding carboxylic acids is 2. The molecule has 0 spiro atoms. The molecule has 0 aliphatic carbocycles. The average Bonchev–Trinajstić information content (AvgIpc) is 2.64. The summed E-state index contributed by atoms with van der Waals surface area (Å²) in [5, 5.41) is 2.92. The summed E-state index contributed by atoms with van der Waals surface area (Å²) in [6.45, 7) is 15.8. The summed E-state index contributed by atoms with van der Waals surface area (Å²) in [5.41, 5.74) is 4.13. The van der Waals surface area contributed by atoms with E-state index in [1.165, 1.54) is 21.2 Å². The van der Waals surface area contributed by atoms with Gasteiger partial charge in [-0.25, -0.2) is 9.59 Å². The van der Waals surface area contributed by atoms with Crippen LogP contribution in [-0.4, -0.2) is 34.4 Å². The van der Waals surface area contributed by atoms with Crippen molar-refractivity contribution in [2.75, 3.05) is 0 Å². The van der Waals surface area contributed by atoms with Crippen LogP contribution >= 0.6 is 0 Å². The van der Waals surface area contributed by atoms with Gasteiger partial charge in [0.1, 0.15) is 0 Å². The molecule has 0 saturated heterocycles. The highest BCUT2D eigenvalue weighted by Gasteiger charge is 2.40. The van der Waals surface area contributed by atoms with Crippen molar-refractivity contribution in [2.45, 2.75) is 119 Å². The van der Waals surface area contributed by atoms with Crippen molar-refractivity contribution < 1.29 is 19.1 Å². The maximum Gasteiger partial charge on any atom is 0.434 e. The van der Waals surface area contributed by atoms with E-state index in [0.717, 1.165) is 49.9 Å². The van der Waals surface area contributed by atoms with E-state index < -0.39 is 12.2 Å². The molecule has 2 amide bonds. The molecule has 0 saturated carbocycles. The first kappa shape index (κ1) is 26.1. The highest BCUT2D eigenvalue weighted by Crippen LogP contribution is 2.40. The van der Waals surface area contributed by atoms with Crippen LogP contribution in [0.5, 0.6) is 0 Å². The van der Waals surface area contributed by atoms with Gasteiger partial charge in [0.05, 0.1) is 23.6 Å². The minimum atomic E-state index is -0.521. The molecule has 0 bridgehead atoms. The zero-order valence-electron chi connectivity index (χ0n) is 20.3. The van der Waals surface area contributed by atoms with Gasteiger partial charge in [0.2, 0.25) is 0 Å². The Kier molecular flexibility index (Phi) is 11.0. The number of amides is 2. The molecular formula is C24H42N2O4. The average molecular weight is 423 g/mol. The van der Waals surface area contributed by atoms with Gasteiger partial charge in [-0.2, -0.15) is 10.0 Å². The van der Waals surface area contributed by atoms with Crippen LogP contribution in [0.2, 0.25) is 0 Å². The van der Waals surface area contributed by atoms with Gasteiger partial charge in [-0.15, -0.1) is 0 Å². The SMILES string of the molecule is CCCC1=C(CCC)N(C(=O)OC(C)C)N(C(=O)OC(C)C)C(CCC)=C1CCC. The standard InChI is InChI=1S/C24H42N2O4/c1-9-13-19-20(14-10-2)22(16-12-4)26(24(28)30-18(7)8)25(21(19)15-11-3)23(27)29-17(5)6/h17-18H,9-16H2,1-8H3. The molecule has 1 heterocycles. The van der Waals surface area contributed by atoms with E-state index in [2.05, 4.69) is 27.7 Å². The van der Waals surface area contributed by atoms with Crippen molar-refractivity contribution in [3.8, 4) is 0 Å². The van der Waals surface area contributed by atoms with Crippen LogP contribution in [0.1, 0.15) is 107 Å². The summed E-state index contributed by atoms with van der Waals surface area (Å²) < 4.78 is 11.2. The quantitative estimate of drug-likeness (QED) is 0.370. The zero-order chi connectivity index (χ0) is 22.8. The van der Waals surface area contributed by atoms with Crippen molar-refractivity contribution in [1.29, 1.82) is 0 Å². The second kappa shape index (κ2) is 12.7. The van der Waals surface area contributed by atoms with Gasteiger partial charge in [0.25, 0.3) is 0 Å². The van der Waals surface area contributed by atoms with Crippen LogP contribution < -0.4 is 0 Å². The minimum Gasteiger partial charge on any atom is -0.445 e. The lowest BCUT2D eigenvalue weighted by Crippen LogP contribution is -2.52. The Bertz CT molecular complexity index is 594. The van der Waals surface area contributed by atoms with Gasteiger partial charge in [-0.05, 0) is 64.5 Å². The Morgan fingerprint density at radius 3 is 1.17 bits per heavy atom. The number of nitrogens with zero attached hydrogens (tertiary/aromatic N) is 2. The fourth-order valence-electron chi connectivity index (χ4n) is 3.81. The van der Waals surface area contributed by atoms with Crippen LogP contribution in [0, 0.1) is 0 Å². The summed E-state index contributed by atoms with van der Waals surface area (Å²) in [5.74, 6) is 0. The molecule has 6 nitrogen and oxygen atoms in total. The minimum absolute atomic E-state index is 0.284. The van der Waals surface area contributed by atoms with Gasteiger partial charge < -0.3 is 9.47 Å². The number of allylic oxidation sites excluding steroid dienone is 4. The van der Waals surface area contributed by atoms with Gasteiger partial charge >= 0.3 is 12.2 Å². The third-order valence-electron chi connectivity index (χ3n) is 4.76. The smallest absolute Gasteiger partial charge is 0.434 e. The number of ether oxygens (including phenoxy) is 2. The van der Waals surface area contributed by atoms with Crippen LogP contribution in [0.15, 0.2) is 22.5 Å². The van der Waals surface area contributed by atoms with Gasteiger partial charge in [-0.3, -0.25) is 0 Å². The van der Waals surface area contributed by atoms with Crippen molar-refractivity contribution in [3.05, 3.63) is 22.5 Å². The summed E-state index contributed by atoms with van der Waals surface area (Å²) >= 11 is 0. The highest BCUT2D eigenvalue weighted by atomic mass is 16.6. The molecule has 0 aromatic rings. The molecule has 6 heteroatoms. The van der Waals surface area contributed by atoms with Gasteiger partial charge in [0.15, 0.2) is 0 Å². The first-order chi connectivity index (χ1) is 14.2. The molecule has 0 aromatic heterocycles. The summed E-state index contributed by atoms with van der Waals surface area (Å²) in [6, 6.07) is 0. The Labute approximate surface area is 183 Å². The Hall–Kier alpha value is -1.98. The number of rotatable bonds is 10. The lowest BCUT2D eigenvalue weighted by atomic mass is 9.89. The predicted molar refractivity (Wildman–Crippen MR) is 121 cm³/mol. The molecule has 0 atom stereocenters. The van der Waals surface area contributed by atoms with Crippen molar-refractivity contribution >= 4 is 12.2 Å².